The summed E-state index contributed by atoms with van der Waals surface area (Å²) in [5, 5.41) is 16.4. The van der Waals surface area contributed by atoms with E-state index in [9.17, 15) is 19.2 Å². The van der Waals surface area contributed by atoms with Gasteiger partial charge in [0.05, 0.1) is 6.04 Å². The Kier molecular flexibility index (Phi) is 13.6. The number of hydrogen-bond acceptors (Lipinski definition) is 7. The molecule has 4 unspecified atom stereocenters. The van der Waals surface area contributed by atoms with E-state index in [1.165, 1.54) is 13.8 Å². The standard InChI is InChI=1S/C18H36N10O5/c1-9(19)13(29)27-12(6-4-8-25-18(22)23)15(31)28-11(5-3-7-24-17(20)21)14(30)26-10(2)16(32)33/h9-12H,3-8,19H2,1-2H3,(H,26,30)(H,27,29)(H,28,31)(H,32,33)(H4,20,21,24)(H4,22,23,25). The highest BCUT2D eigenvalue weighted by Gasteiger charge is 2.28. The van der Waals surface area contributed by atoms with Crippen LogP contribution in [-0.2, 0) is 19.2 Å². The van der Waals surface area contributed by atoms with E-state index < -0.39 is 47.9 Å². The summed E-state index contributed by atoms with van der Waals surface area (Å²) in [6, 6.07) is -4.17. The van der Waals surface area contributed by atoms with Gasteiger partial charge in [-0.05, 0) is 39.5 Å². The van der Waals surface area contributed by atoms with Crippen LogP contribution in [-0.4, -0.2) is 78.0 Å². The van der Waals surface area contributed by atoms with Crippen molar-refractivity contribution in [1.29, 1.82) is 0 Å². The third kappa shape index (κ3) is 13.4. The number of aliphatic imine (C=N–C) groups is 2. The first-order valence-electron chi connectivity index (χ1n) is 10.3. The summed E-state index contributed by atoms with van der Waals surface area (Å²) in [7, 11) is 0. The molecule has 0 aliphatic heterocycles. The second kappa shape index (κ2) is 15.2. The van der Waals surface area contributed by atoms with Gasteiger partial charge >= 0.3 is 5.97 Å². The Morgan fingerprint density at radius 3 is 1.52 bits per heavy atom. The second-order valence-electron chi connectivity index (χ2n) is 7.38. The van der Waals surface area contributed by atoms with Gasteiger partial charge in [-0.25, -0.2) is 0 Å². The summed E-state index contributed by atoms with van der Waals surface area (Å²) >= 11 is 0. The lowest BCUT2D eigenvalue weighted by Crippen LogP contribution is -2.56. The number of carbonyl (C=O) groups excluding carboxylic acids is 3. The number of amides is 3. The van der Waals surface area contributed by atoms with Crippen LogP contribution in [0.25, 0.3) is 0 Å². The summed E-state index contributed by atoms with van der Waals surface area (Å²) in [6.07, 6.45) is 0.948. The Bertz CT molecular complexity index is 732. The molecule has 0 aliphatic carbocycles. The molecule has 0 bridgehead atoms. The minimum absolute atomic E-state index is 0.110. The predicted octanol–water partition coefficient (Wildman–Crippen LogP) is -4.00. The summed E-state index contributed by atoms with van der Waals surface area (Å²) < 4.78 is 0. The van der Waals surface area contributed by atoms with Crippen molar-refractivity contribution < 1.29 is 24.3 Å². The van der Waals surface area contributed by atoms with E-state index in [0.29, 0.717) is 12.8 Å². The fraction of sp³-hybridized carbons (Fsp3) is 0.667. The lowest BCUT2D eigenvalue weighted by molar-refractivity contribution is -0.141. The normalized spacial score (nSPS) is 14.0. The SMILES string of the molecule is CC(N)C(=O)NC(CCCN=C(N)N)C(=O)NC(CCCN=C(N)N)C(=O)NC(C)C(=O)O. The Hall–Kier alpha value is -3.62. The summed E-state index contributed by atoms with van der Waals surface area (Å²) in [5.41, 5.74) is 26.7. The molecule has 0 fully saturated rings. The molecule has 15 nitrogen and oxygen atoms in total. The molecule has 3 amide bonds. The molecule has 0 aromatic rings. The fourth-order valence-electron chi connectivity index (χ4n) is 2.50. The van der Waals surface area contributed by atoms with Gasteiger partial charge in [-0.2, -0.15) is 0 Å². The molecule has 0 radical (unpaired) electrons. The topological polar surface area (TPSA) is 279 Å². The van der Waals surface area contributed by atoms with Gasteiger partial charge in [0, 0.05) is 13.1 Å². The van der Waals surface area contributed by atoms with Gasteiger partial charge in [-0.3, -0.25) is 29.2 Å². The van der Waals surface area contributed by atoms with Gasteiger partial charge < -0.3 is 49.7 Å². The van der Waals surface area contributed by atoms with Gasteiger partial charge in [0.25, 0.3) is 0 Å². The van der Waals surface area contributed by atoms with Crippen molar-refractivity contribution in [1.82, 2.24) is 16.0 Å². The maximum absolute atomic E-state index is 12.9. The first-order chi connectivity index (χ1) is 15.3. The maximum Gasteiger partial charge on any atom is 0.325 e. The molecule has 15 heteroatoms. The molecule has 33 heavy (non-hydrogen) atoms. The number of nitrogens with two attached hydrogens (primary N) is 5. The molecule has 0 aliphatic rings. The molecular weight excluding hydrogens is 436 g/mol. The summed E-state index contributed by atoms with van der Waals surface area (Å²) in [4.78, 5) is 56.2. The van der Waals surface area contributed by atoms with Gasteiger partial charge in [0.2, 0.25) is 17.7 Å². The Morgan fingerprint density at radius 1 is 0.758 bits per heavy atom. The van der Waals surface area contributed by atoms with E-state index in [2.05, 4.69) is 25.9 Å². The lowest BCUT2D eigenvalue weighted by atomic mass is 10.1. The Balaban J connectivity index is 5.41. The van der Waals surface area contributed by atoms with Gasteiger partial charge in [0.1, 0.15) is 18.1 Å². The second-order valence-corrected chi connectivity index (χ2v) is 7.38. The van der Waals surface area contributed by atoms with Crippen molar-refractivity contribution in [2.45, 2.75) is 63.7 Å². The predicted molar refractivity (Wildman–Crippen MR) is 123 cm³/mol. The first-order valence-corrected chi connectivity index (χ1v) is 10.3. The third-order valence-electron chi connectivity index (χ3n) is 4.30. The molecule has 0 aromatic heterocycles. The maximum atomic E-state index is 12.9. The number of hydrogen-bond donors (Lipinski definition) is 9. The van der Waals surface area contributed by atoms with E-state index in [4.69, 9.17) is 33.8 Å². The first kappa shape index (κ1) is 29.4. The highest BCUT2D eigenvalue weighted by Crippen LogP contribution is 2.04. The number of carboxylic acid groups (broad SMARTS) is 1. The molecule has 0 rings (SSSR count). The highest BCUT2D eigenvalue weighted by atomic mass is 16.4. The molecular formula is C18H36N10O5. The molecule has 14 N–H and O–H groups in total. The van der Waals surface area contributed by atoms with Crippen LogP contribution in [0.1, 0.15) is 39.5 Å². The zero-order chi connectivity index (χ0) is 25.6. The van der Waals surface area contributed by atoms with Crippen LogP contribution in [0.15, 0.2) is 9.98 Å². The highest BCUT2D eigenvalue weighted by molar-refractivity contribution is 5.93. The quantitative estimate of drug-likeness (QED) is 0.0632. The third-order valence-corrected chi connectivity index (χ3v) is 4.30. The van der Waals surface area contributed by atoms with Crippen LogP contribution in [0.3, 0.4) is 0 Å². The van der Waals surface area contributed by atoms with E-state index in [-0.39, 0.29) is 37.9 Å². The smallest absolute Gasteiger partial charge is 0.325 e. The number of aliphatic carboxylic acids is 1. The van der Waals surface area contributed by atoms with Crippen LogP contribution in [0.5, 0.6) is 0 Å². The van der Waals surface area contributed by atoms with Crippen molar-refractivity contribution >= 4 is 35.6 Å². The molecule has 0 heterocycles. The number of nitrogens with zero attached hydrogens (tertiary/aromatic N) is 2. The minimum Gasteiger partial charge on any atom is -0.480 e. The van der Waals surface area contributed by atoms with Crippen LogP contribution in [0.4, 0.5) is 0 Å². The Labute approximate surface area is 192 Å². The molecule has 4 atom stereocenters. The van der Waals surface area contributed by atoms with Crippen molar-refractivity contribution in [3.05, 3.63) is 0 Å². The van der Waals surface area contributed by atoms with Crippen LogP contribution >= 0.6 is 0 Å². The summed E-state index contributed by atoms with van der Waals surface area (Å²) in [5.74, 6) is -3.40. The molecule has 0 spiro atoms. The monoisotopic (exact) mass is 472 g/mol. The average molecular weight is 473 g/mol. The largest absolute Gasteiger partial charge is 0.480 e. The fourth-order valence-corrected chi connectivity index (χ4v) is 2.50. The van der Waals surface area contributed by atoms with E-state index in [1.54, 1.807) is 0 Å². The Morgan fingerprint density at radius 2 is 1.15 bits per heavy atom. The number of carbonyl (C=O) groups is 4. The van der Waals surface area contributed by atoms with Crippen LogP contribution < -0.4 is 44.6 Å². The molecule has 0 saturated heterocycles. The molecule has 0 saturated carbocycles. The van der Waals surface area contributed by atoms with Gasteiger partial charge in [-0.15, -0.1) is 0 Å². The average Bonchev–Trinajstić information content (AvgIpc) is 2.71. The van der Waals surface area contributed by atoms with E-state index >= 15 is 0 Å². The number of carboxylic acids is 1. The van der Waals surface area contributed by atoms with Crippen molar-refractivity contribution in [3.8, 4) is 0 Å². The van der Waals surface area contributed by atoms with E-state index in [0.717, 1.165) is 0 Å². The number of nitrogens with one attached hydrogen (secondary N) is 3. The summed E-state index contributed by atoms with van der Waals surface area (Å²) in [6.45, 7) is 3.16. The van der Waals surface area contributed by atoms with Crippen molar-refractivity contribution in [3.63, 3.8) is 0 Å². The zero-order valence-corrected chi connectivity index (χ0v) is 18.9. The van der Waals surface area contributed by atoms with Crippen molar-refractivity contribution in [2.75, 3.05) is 13.1 Å². The minimum atomic E-state index is -1.24. The number of rotatable bonds is 15. The van der Waals surface area contributed by atoms with Crippen LogP contribution in [0.2, 0.25) is 0 Å². The number of guanidine groups is 2. The molecule has 0 aromatic carbocycles. The van der Waals surface area contributed by atoms with Gasteiger partial charge in [-0.1, -0.05) is 0 Å². The molecule has 188 valence electrons. The van der Waals surface area contributed by atoms with E-state index in [1.807, 2.05) is 0 Å². The zero-order valence-electron chi connectivity index (χ0n) is 18.9. The van der Waals surface area contributed by atoms with Gasteiger partial charge in [0.15, 0.2) is 11.9 Å². The van der Waals surface area contributed by atoms with Crippen molar-refractivity contribution in [2.24, 2.45) is 38.7 Å². The lowest BCUT2D eigenvalue weighted by Gasteiger charge is -2.24. The van der Waals surface area contributed by atoms with Crippen LogP contribution in [0, 0.1) is 0 Å².